The molecule has 0 bridgehead atoms. The second-order valence-corrected chi connectivity index (χ2v) is 8.19. The van der Waals surface area contributed by atoms with Gasteiger partial charge in [-0.25, -0.2) is 9.37 Å². The van der Waals surface area contributed by atoms with Crippen molar-refractivity contribution in [3.05, 3.63) is 86.3 Å². The number of carbonyl (C=O) groups is 1. The fourth-order valence-corrected chi connectivity index (χ4v) is 3.82. The molecule has 0 aliphatic heterocycles. The number of pyridine rings is 1. The van der Waals surface area contributed by atoms with Crippen LogP contribution in [0.1, 0.15) is 41.2 Å². The third kappa shape index (κ3) is 5.59. The van der Waals surface area contributed by atoms with Gasteiger partial charge in [0.15, 0.2) is 28.5 Å². The molecule has 2 aromatic heterocycles. The molecule has 0 amide bonds. The van der Waals surface area contributed by atoms with Gasteiger partial charge in [-0.2, -0.15) is 5.48 Å². The van der Waals surface area contributed by atoms with Gasteiger partial charge in [-0.05, 0) is 63.4 Å². The van der Waals surface area contributed by atoms with Crippen molar-refractivity contribution in [2.75, 3.05) is 7.05 Å². The molecule has 0 aliphatic carbocycles. The molecule has 192 valence electrons. The van der Waals surface area contributed by atoms with Gasteiger partial charge in [0.05, 0.1) is 5.39 Å². The van der Waals surface area contributed by atoms with Crippen molar-refractivity contribution >= 4 is 47.3 Å². The Bertz CT molecular complexity index is 1510. The number of halogens is 2. The maximum Gasteiger partial charge on any atom is 0.320 e. The van der Waals surface area contributed by atoms with Crippen molar-refractivity contribution in [1.29, 1.82) is 0 Å². The molecule has 3 aromatic rings. The highest BCUT2D eigenvalue weighted by atomic mass is 35.5. The number of nitrogens with one attached hydrogen (secondary N) is 1. The molecule has 0 spiro atoms. The number of nitrogens with zero attached hydrogens (tertiary/aromatic N) is 3. The van der Waals surface area contributed by atoms with Gasteiger partial charge in [0, 0.05) is 18.2 Å². The molecule has 9 nitrogen and oxygen atoms in total. The summed E-state index contributed by atoms with van der Waals surface area (Å²) >= 11 is 6.07. The maximum absolute atomic E-state index is 14.5. The Morgan fingerprint density at radius 3 is 2.68 bits per heavy atom. The van der Waals surface area contributed by atoms with Crippen LogP contribution in [0.2, 0.25) is 5.15 Å². The number of aliphatic imine (C=N–C) groups is 2. The first-order valence-electron chi connectivity index (χ1n) is 10.9. The topological polar surface area (TPSA) is 115 Å². The summed E-state index contributed by atoms with van der Waals surface area (Å²) in [6.45, 7) is 12.1. The number of allylic oxidation sites excluding steroid dienone is 2. The van der Waals surface area contributed by atoms with Gasteiger partial charge in [-0.1, -0.05) is 18.2 Å². The van der Waals surface area contributed by atoms with E-state index in [-0.39, 0.29) is 56.9 Å². The second kappa shape index (κ2) is 11.6. The number of carbonyl (C=O) groups excluding carboxylic acids is 1. The number of fused-ring (bicyclic) bond motifs is 1. The first-order valence-corrected chi connectivity index (χ1v) is 11.3. The number of aryl methyl sites for hydroxylation is 1. The minimum atomic E-state index is -0.785. The molecule has 2 heterocycles. The quantitative estimate of drug-likeness (QED) is 0.102. The van der Waals surface area contributed by atoms with Crippen LogP contribution >= 0.6 is 11.6 Å². The Morgan fingerprint density at radius 1 is 1.32 bits per heavy atom. The first kappa shape index (κ1) is 27.3. The summed E-state index contributed by atoms with van der Waals surface area (Å²) in [4.78, 5) is 40.5. The summed E-state index contributed by atoms with van der Waals surface area (Å²) in [6.07, 6.45) is 0.251. The van der Waals surface area contributed by atoms with E-state index in [2.05, 4.69) is 38.6 Å². The summed E-state index contributed by atoms with van der Waals surface area (Å²) in [7, 11) is 1.46. The van der Waals surface area contributed by atoms with Crippen LogP contribution in [0.25, 0.3) is 16.7 Å². The zero-order valence-corrected chi connectivity index (χ0v) is 21.4. The van der Waals surface area contributed by atoms with E-state index in [1.165, 1.54) is 20.0 Å². The lowest BCUT2D eigenvalue weighted by Crippen LogP contribution is -2.26. The Labute approximate surface area is 217 Å². The molecule has 0 aliphatic rings. The van der Waals surface area contributed by atoms with Gasteiger partial charge in [0.1, 0.15) is 28.3 Å². The fraction of sp³-hybridized carbons (Fsp3) is 0.192. The normalized spacial score (nSPS) is 13.0. The number of ether oxygens (including phenoxy) is 1. The van der Waals surface area contributed by atoms with E-state index >= 15 is 0 Å². The number of benzene rings is 1. The highest BCUT2D eigenvalue weighted by molar-refractivity contribution is 6.29. The van der Waals surface area contributed by atoms with Crippen LogP contribution in [-0.2, 0) is 9.63 Å². The second-order valence-electron chi connectivity index (χ2n) is 7.80. The van der Waals surface area contributed by atoms with Gasteiger partial charge < -0.3 is 14.0 Å². The Hall–Kier alpha value is -4.31. The van der Waals surface area contributed by atoms with Crippen LogP contribution in [-0.4, -0.2) is 31.1 Å². The summed E-state index contributed by atoms with van der Waals surface area (Å²) in [5.41, 5.74) is 3.60. The van der Waals surface area contributed by atoms with Gasteiger partial charge in [0.25, 0.3) is 0 Å². The van der Waals surface area contributed by atoms with E-state index in [1.54, 1.807) is 25.1 Å². The SMILES string of the molecule is C=C/C(F)=C(\N=C)c1oc2c(C(C)Oc3ccc(Cl)nc3C(=NC)NOC=O)cc(C)cc2c(=O)c1C. The van der Waals surface area contributed by atoms with Crippen LogP contribution in [0.4, 0.5) is 4.39 Å². The molecule has 3 rings (SSSR count). The van der Waals surface area contributed by atoms with Crippen molar-refractivity contribution in [2.24, 2.45) is 9.98 Å². The van der Waals surface area contributed by atoms with Crippen molar-refractivity contribution in [3.63, 3.8) is 0 Å². The molecule has 1 aromatic carbocycles. The van der Waals surface area contributed by atoms with Crippen LogP contribution in [0.5, 0.6) is 5.75 Å². The summed E-state index contributed by atoms with van der Waals surface area (Å²) in [5, 5.41) is 0.442. The molecular weight excluding hydrogens is 503 g/mol. The number of rotatable bonds is 9. The van der Waals surface area contributed by atoms with Crippen LogP contribution < -0.4 is 15.6 Å². The molecule has 11 heteroatoms. The lowest BCUT2D eigenvalue weighted by molar-refractivity contribution is -0.132. The van der Waals surface area contributed by atoms with Crippen molar-refractivity contribution < 1.29 is 23.2 Å². The van der Waals surface area contributed by atoms with Crippen molar-refractivity contribution in [1.82, 2.24) is 10.5 Å². The average molecular weight is 527 g/mol. The average Bonchev–Trinajstić information content (AvgIpc) is 2.88. The van der Waals surface area contributed by atoms with Crippen molar-refractivity contribution in [2.45, 2.75) is 26.9 Å². The zero-order valence-electron chi connectivity index (χ0n) is 20.6. The fourth-order valence-electron chi connectivity index (χ4n) is 3.67. The number of amidine groups is 1. The predicted molar refractivity (Wildman–Crippen MR) is 141 cm³/mol. The molecule has 1 atom stereocenters. The third-order valence-electron chi connectivity index (χ3n) is 5.39. The predicted octanol–water partition coefficient (Wildman–Crippen LogP) is 5.18. The zero-order chi connectivity index (χ0) is 27.3. The van der Waals surface area contributed by atoms with E-state index in [1.807, 2.05) is 6.92 Å². The minimum Gasteiger partial charge on any atom is -0.483 e. The van der Waals surface area contributed by atoms with E-state index in [9.17, 15) is 14.0 Å². The molecule has 1 unspecified atom stereocenters. The largest absolute Gasteiger partial charge is 0.483 e. The van der Waals surface area contributed by atoms with Gasteiger partial charge in [0.2, 0.25) is 0 Å². The molecule has 37 heavy (non-hydrogen) atoms. The Balaban J connectivity index is 2.21. The highest BCUT2D eigenvalue weighted by Gasteiger charge is 2.23. The van der Waals surface area contributed by atoms with E-state index in [0.29, 0.717) is 10.9 Å². The highest BCUT2D eigenvalue weighted by Crippen LogP contribution is 2.33. The summed E-state index contributed by atoms with van der Waals surface area (Å²) in [6, 6.07) is 6.55. The van der Waals surface area contributed by atoms with Crippen LogP contribution in [0.15, 0.2) is 61.9 Å². The monoisotopic (exact) mass is 526 g/mol. The lowest BCUT2D eigenvalue weighted by Gasteiger charge is -2.20. The van der Waals surface area contributed by atoms with Gasteiger partial charge in [-0.3, -0.25) is 19.6 Å². The Morgan fingerprint density at radius 2 is 2.05 bits per heavy atom. The third-order valence-corrected chi connectivity index (χ3v) is 5.60. The van der Waals surface area contributed by atoms with Crippen LogP contribution in [0, 0.1) is 13.8 Å². The Kier molecular flexibility index (Phi) is 8.56. The standard InChI is InChI=1S/C26H24ClFN4O5/c1-7-18(28)21(29-5)24-14(3)23(34)17-11-13(2)10-16(25(17)37-24)15(4)36-19-8-9-20(27)31-22(19)26(30-6)32-35-12-33/h7-12,15H,1,5H2,2-4,6H3,(H,30,32)/b21-18+. The van der Waals surface area contributed by atoms with E-state index in [4.69, 9.17) is 20.8 Å². The first-order chi connectivity index (χ1) is 17.7. The summed E-state index contributed by atoms with van der Waals surface area (Å²) in [5.74, 6) is -0.518. The summed E-state index contributed by atoms with van der Waals surface area (Å²) < 4.78 is 26.7. The number of hydroxylamine groups is 1. The number of hydrogen-bond acceptors (Lipinski definition) is 8. The van der Waals surface area contributed by atoms with Gasteiger partial charge >= 0.3 is 6.47 Å². The molecule has 0 radical (unpaired) electrons. The van der Waals surface area contributed by atoms with E-state index < -0.39 is 11.9 Å². The molecule has 1 N–H and O–H groups in total. The molecule has 0 saturated heterocycles. The molecule has 0 fully saturated rings. The maximum atomic E-state index is 14.5. The van der Waals surface area contributed by atoms with Gasteiger partial charge in [-0.15, -0.1) is 0 Å². The number of aromatic nitrogens is 1. The number of hydrogen-bond donors (Lipinski definition) is 1. The molecule has 0 saturated carbocycles. The van der Waals surface area contributed by atoms with E-state index in [0.717, 1.165) is 11.6 Å². The smallest absolute Gasteiger partial charge is 0.320 e. The molecular formula is C26H24ClFN4O5. The van der Waals surface area contributed by atoms with Crippen molar-refractivity contribution in [3.8, 4) is 5.75 Å². The lowest BCUT2D eigenvalue weighted by atomic mass is 10.0. The van der Waals surface area contributed by atoms with Crippen LogP contribution in [0.3, 0.4) is 0 Å². The minimum absolute atomic E-state index is 0.0633.